The van der Waals surface area contributed by atoms with Crippen LogP contribution in [0.4, 0.5) is 0 Å². The predicted octanol–water partition coefficient (Wildman–Crippen LogP) is -0.419. The van der Waals surface area contributed by atoms with Gasteiger partial charge in [0.05, 0.1) is 6.10 Å². The summed E-state index contributed by atoms with van der Waals surface area (Å²) in [5.41, 5.74) is 5.55. The number of piperazine rings is 1. The molecule has 1 heterocycles. The van der Waals surface area contributed by atoms with Gasteiger partial charge in [-0.15, -0.1) is 0 Å². The summed E-state index contributed by atoms with van der Waals surface area (Å²) in [6.07, 6.45) is -0.201. The first-order chi connectivity index (χ1) is 7.72. The van der Waals surface area contributed by atoms with Gasteiger partial charge in [0.2, 0.25) is 0 Å². The van der Waals surface area contributed by atoms with Crippen molar-refractivity contribution in [2.75, 3.05) is 50.8 Å². The molecule has 2 unspecified atom stereocenters. The topological polar surface area (TPSA) is 61.5 Å². The summed E-state index contributed by atoms with van der Waals surface area (Å²) in [7, 11) is 0. The smallest absolute Gasteiger partial charge is 0.0757 e. The molecule has 0 spiro atoms. The molecule has 0 aromatic heterocycles. The van der Waals surface area contributed by atoms with Crippen molar-refractivity contribution in [2.24, 2.45) is 11.7 Å². The number of β-amino-alcohol motifs (C(OH)–C–C–N with tert-alkyl or cyclic N) is 1. The second kappa shape index (κ2) is 8.31. The van der Waals surface area contributed by atoms with Crippen LogP contribution in [0.5, 0.6) is 0 Å². The summed E-state index contributed by atoms with van der Waals surface area (Å²) in [6, 6.07) is 0. The van der Waals surface area contributed by atoms with E-state index < -0.39 is 0 Å². The lowest BCUT2D eigenvalue weighted by atomic mass is 10.2. The molecule has 96 valence electrons. The molecule has 1 saturated heterocycles. The summed E-state index contributed by atoms with van der Waals surface area (Å²) >= 11 is 1.81. The Hall–Kier alpha value is 0.190. The van der Waals surface area contributed by atoms with Crippen molar-refractivity contribution >= 4 is 11.8 Å². The lowest BCUT2D eigenvalue weighted by Gasteiger charge is -2.29. The van der Waals surface area contributed by atoms with Gasteiger partial charge in [-0.05, 0) is 18.2 Å². The predicted molar refractivity (Wildman–Crippen MR) is 70.9 cm³/mol. The zero-order valence-electron chi connectivity index (χ0n) is 10.2. The molecular weight excluding hydrogens is 222 g/mol. The molecule has 4 nitrogen and oxygen atoms in total. The monoisotopic (exact) mass is 247 g/mol. The van der Waals surface area contributed by atoms with Gasteiger partial charge in [0.1, 0.15) is 0 Å². The van der Waals surface area contributed by atoms with Gasteiger partial charge < -0.3 is 16.2 Å². The van der Waals surface area contributed by atoms with E-state index in [1.807, 2.05) is 11.8 Å². The molecule has 0 radical (unpaired) electrons. The van der Waals surface area contributed by atoms with Gasteiger partial charge >= 0.3 is 0 Å². The standard InChI is InChI=1S/C11H25N3OS/c1-10(6-12)8-16-9-11(15)7-14-4-2-13-3-5-14/h10-11,13,15H,2-9,12H2,1H3. The molecule has 0 aromatic rings. The normalized spacial score (nSPS) is 21.9. The van der Waals surface area contributed by atoms with Crippen LogP contribution in [0.2, 0.25) is 0 Å². The zero-order chi connectivity index (χ0) is 11.8. The fraction of sp³-hybridized carbons (Fsp3) is 1.00. The van der Waals surface area contributed by atoms with Crippen LogP contribution >= 0.6 is 11.8 Å². The number of aliphatic hydroxyl groups is 1. The second-order valence-corrected chi connectivity index (χ2v) is 5.66. The average molecular weight is 247 g/mol. The van der Waals surface area contributed by atoms with Crippen molar-refractivity contribution in [1.82, 2.24) is 10.2 Å². The summed E-state index contributed by atoms with van der Waals surface area (Å²) in [6.45, 7) is 7.90. The number of hydrogen-bond donors (Lipinski definition) is 3. The molecule has 1 rings (SSSR count). The Kier molecular flexibility index (Phi) is 7.40. The molecule has 1 aliphatic rings. The van der Waals surface area contributed by atoms with Crippen LogP contribution in [-0.4, -0.2) is 66.9 Å². The van der Waals surface area contributed by atoms with Gasteiger partial charge in [-0.25, -0.2) is 0 Å². The largest absolute Gasteiger partial charge is 0.391 e. The molecule has 0 aromatic carbocycles. The van der Waals surface area contributed by atoms with Crippen molar-refractivity contribution < 1.29 is 5.11 Å². The third-order valence-electron chi connectivity index (χ3n) is 2.79. The Labute approximate surface area is 103 Å². The van der Waals surface area contributed by atoms with E-state index in [2.05, 4.69) is 17.1 Å². The van der Waals surface area contributed by atoms with Crippen LogP contribution in [0.3, 0.4) is 0 Å². The fourth-order valence-corrected chi connectivity index (χ4v) is 2.77. The summed E-state index contributed by atoms with van der Waals surface area (Å²) in [5, 5.41) is 13.2. The summed E-state index contributed by atoms with van der Waals surface area (Å²) in [5.74, 6) is 2.43. The number of nitrogens with one attached hydrogen (secondary N) is 1. The van der Waals surface area contributed by atoms with E-state index in [1.54, 1.807) is 0 Å². The van der Waals surface area contributed by atoms with Crippen molar-refractivity contribution in [2.45, 2.75) is 13.0 Å². The molecule has 4 N–H and O–H groups in total. The molecule has 0 bridgehead atoms. The van der Waals surface area contributed by atoms with E-state index in [9.17, 15) is 5.11 Å². The maximum Gasteiger partial charge on any atom is 0.0757 e. The number of aliphatic hydroxyl groups excluding tert-OH is 1. The van der Waals surface area contributed by atoms with Gasteiger partial charge in [-0.3, -0.25) is 4.90 Å². The molecule has 0 aliphatic carbocycles. The first-order valence-electron chi connectivity index (χ1n) is 6.11. The van der Waals surface area contributed by atoms with Gasteiger partial charge in [-0.1, -0.05) is 6.92 Å². The van der Waals surface area contributed by atoms with Crippen molar-refractivity contribution in [3.8, 4) is 0 Å². The minimum atomic E-state index is -0.201. The molecule has 1 aliphatic heterocycles. The Bertz CT molecular complexity index is 177. The lowest BCUT2D eigenvalue weighted by Crippen LogP contribution is -2.46. The number of rotatable bonds is 7. The minimum Gasteiger partial charge on any atom is -0.391 e. The number of thioether (sulfide) groups is 1. The molecule has 16 heavy (non-hydrogen) atoms. The van der Waals surface area contributed by atoms with E-state index in [0.29, 0.717) is 5.92 Å². The first-order valence-corrected chi connectivity index (χ1v) is 7.26. The maximum absolute atomic E-state index is 9.87. The number of nitrogens with two attached hydrogens (primary N) is 1. The first kappa shape index (κ1) is 14.3. The Morgan fingerprint density at radius 1 is 1.38 bits per heavy atom. The van der Waals surface area contributed by atoms with Crippen LogP contribution in [-0.2, 0) is 0 Å². The average Bonchev–Trinajstić information content (AvgIpc) is 2.30. The molecule has 5 heteroatoms. The Morgan fingerprint density at radius 2 is 2.06 bits per heavy atom. The number of nitrogens with zero attached hydrogens (tertiary/aromatic N) is 1. The Balaban J connectivity index is 2.03. The fourth-order valence-electron chi connectivity index (χ4n) is 1.72. The third kappa shape index (κ3) is 6.06. The van der Waals surface area contributed by atoms with Gasteiger partial charge in [-0.2, -0.15) is 11.8 Å². The van der Waals surface area contributed by atoms with Crippen molar-refractivity contribution in [3.63, 3.8) is 0 Å². The molecule has 0 amide bonds. The van der Waals surface area contributed by atoms with E-state index in [1.165, 1.54) is 0 Å². The van der Waals surface area contributed by atoms with Crippen LogP contribution in [0, 0.1) is 5.92 Å². The summed E-state index contributed by atoms with van der Waals surface area (Å²) in [4.78, 5) is 2.33. The highest BCUT2D eigenvalue weighted by atomic mass is 32.2. The highest BCUT2D eigenvalue weighted by molar-refractivity contribution is 7.99. The van der Waals surface area contributed by atoms with Gasteiger partial charge in [0.15, 0.2) is 0 Å². The highest BCUT2D eigenvalue weighted by Gasteiger charge is 2.14. The Morgan fingerprint density at radius 3 is 2.69 bits per heavy atom. The lowest BCUT2D eigenvalue weighted by molar-refractivity contribution is 0.121. The van der Waals surface area contributed by atoms with E-state index in [-0.39, 0.29) is 6.10 Å². The van der Waals surface area contributed by atoms with E-state index >= 15 is 0 Å². The summed E-state index contributed by atoms with van der Waals surface area (Å²) < 4.78 is 0. The molecular formula is C11H25N3OS. The van der Waals surface area contributed by atoms with Crippen LogP contribution in [0.1, 0.15) is 6.92 Å². The number of hydrogen-bond acceptors (Lipinski definition) is 5. The SMILES string of the molecule is CC(CN)CSCC(O)CN1CCNCC1. The van der Waals surface area contributed by atoms with Crippen molar-refractivity contribution in [1.29, 1.82) is 0 Å². The quantitative estimate of drug-likeness (QED) is 0.570. The maximum atomic E-state index is 9.87. The van der Waals surface area contributed by atoms with Crippen LogP contribution < -0.4 is 11.1 Å². The minimum absolute atomic E-state index is 0.201. The van der Waals surface area contributed by atoms with Gasteiger partial charge in [0.25, 0.3) is 0 Å². The van der Waals surface area contributed by atoms with E-state index in [4.69, 9.17) is 5.73 Å². The van der Waals surface area contributed by atoms with Crippen LogP contribution in [0.15, 0.2) is 0 Å². The molecule has 1 fully saturated rings. The third-order valence-corrected chi connectivity index (χ3v) is 4.22. The van der Waals surface area contributed by atoms with Crippen molar-refractivity contribution in [3.05, 3.63) is 0 Å². The van der Waals surface area contributed by atoms with Crippen LogP contribution in [0.25, 0.3) is 0 Å². The van der Waals surface area contributed by atoms with Gasteiger partial charge in [0, 0.05) is 38.5 Å². The highest BCUT2D eigenvalue weighted by Crippen LogP contribution is 2.09. The van der Waals surface area contributed by atoms with E-state index in [0.717, 1.165) is 50.8 Å². The molecule has 0 saturated carbocycles. The zero-order valence-corrected chi connectivity index (χ0v) is 11.0. The molecule has 2 atom stereocenters. The second-order valence-electron chi connectivity index (χ2n) is 4.58.